The first-order valence-electron chi connectivity index (χ1n) is 10.8. The molecule has 3 aromatic rings. The number of ether oxygens (including phenoxy) is 1. The first-order chi connectivity index (χ1) is 17.3. The maximum Gasteiger partial charge on any atom is 0.419 e. The molecule has 0 bridgehead atoms. The summed E-state index contributed by atoms with van der Waals surface area (Å²) in [7, 11) is 1.52. The Morgan fingerprint density at radius 1 is 1.16 bits per heavy atom. The predicted octanol–water partition coefficient (Wildman–Crippen LogP) is 3.07. The summed E-state index contributed by atoms with van der Waals surface area (Å²) >= 11 is 0. The summed E-state index contributed by atoms with van der Waals surface area (Å²) in [6, 6.07) is -1.03. The molecule has 3 aromatic heterocycles. The number of morpholine rings is 1. The van der Waals surface area contributed by atoms with Crippen molar-refractivity contribution in [2.24, 2.45) is 7.05 Å². The molecule has 1 saturated heterocycles. The molecule has 0 saturated carbocycles. The highest BCUT2D eigenvalue weighted by atomic mass is 19.4. The van der Waals surface area contributed by atoms with E-state index in [-0.39, 0.29) is 29.6 Å². The number of alkyl halides is 5. The van der Waals surface area contributed by atoms with Gasteiger partial charge in [-0.05, 0) is 13.8 Å². The molecule has 10 nitrogen and oxygen atoms in total. The van der Waals surface area contributed by atoms with Crippen LogP contribution in [-0.4, -0.2) is 71.9 Å². The van der Waals surface area contributed by atoms with Crippen LogP contribution in [0.5, 0.6) is 0 Å². The second kappa shape index (κ2) is 9.57. The number of carbonyl (C=O) groups is 1. The van der Waals surface area contributed by atoms with E-state index in [0.717, 1.165) is 17.3 Å². The van der Waals surface area contributed by atoms with Crippen molar-refractivity contribution in [3.8, 4) is 11.4 Å². The molecule has 1 fully saturated rings. The number of nitrogens with one attached hydrogen (secondary N) is 1. The SMILES string of the molecule is Cc1c(-c2ncc(F)cn2)c(C(=O)N2CC(F)(F)O[C@@H](C)[C@H]2CNc2ncc(C(F)(F)F)cn2)nn1C. The number of aryl methyl sites for hydroxylation is 1. The largest absolute Gasteiger partial charge is 0.419 e. The van der Waals surface area contributed by atoms with E-state index in [4.69, 9.17) is 4.74 Å². The number of aromatic nitrogens is 6. The van der Waals surface area contributed by atoms with Gasteiger partial charge in [0.25, 0.3) is 5.91 Å². The molecule has 16 heteroatoms. The van der Waals surface area contributed by atoms with Gasteiger partial charge in [0.1, 0.15) is 6.54 Å². The molecule has 0 unspecified atom stereocenters. The van der Waals surface area contributed by atoms with Gasteiger partial charge in [-0.15, -0.1) is 0 Å². The van der Waals surface area contributed by atoms with Crippen LogP contribution in [0.25, 0.3) is 11.4 Å². The van der Waals surface area contributed by atoms with Gasteiger partial charge in [-0.3, -0.25) is 9.48 Å². The van der Waals surface area contributed by atoms with E-state index in [9.17, 15) is 31.1 Å². The van der Waals surface area contributed by atoms with Crippen LogP contribution >= 0.6 is 0 Å². The summed E-state index contributed by atoms with van der Waals surface area (Å²) in [4.78, 5) is 29.4. The van der Waals surface area contributed by atoms with Gasteiger partial charge in [0.15, 0.2) is 17.3 Å². The fraction of sp³-hybridized carbons (Fsp3) is 0.429. The number of halogens is 6. The third-order valence-corrected chi connectivity index (χ3v) is 5.74. The highest BCUT2D eigenvalue weighted by Crippen LogP contribution is 2.33. The summed E-state index contributed by atoms with van der Waals surface area (Å²) < 4.78 is 86.5. The standard InChI is InChI=1S/C21H20F6N8O2/c1-10-15(17-28-6-13(22)7-29-17)16(33-34(10)3)18(36)35-9-20(23,24)37-11(2)14(35)8-32-19-30-4-12(5-31-19)21(25,26)27/h4-7,11,14H,8-9H2,1-3H3,(H,30,31,32)/t11-,14+/m0/s1. The Bertz CT molecular complexity index is 1280. The molecule has 1 aliphatic rings. The van der Waals surface area contributed by atoms with Crippen LogP contribution in [0, 0.1) is 12.7 Å². The second-order valence-electron chi connectivity index (χ2n) is 8.29. The van der Waals surface area contributed by atoms with Crippen LogP contribution in [0.15, 0.2) is 24.8 Å². The van der Waals surface area contributed by atoms with Crippen molar-refractivity contribution >= 4 is 11.9 Å². The van der Waals surface area contributed by atoms with Crippen molar-refractivity contribution in [3.63, 3.8) is 0 Å². The molecule has 198 valence electrons. The minimum Gasteiger partial charge on any atom is -0.352 e. The van der Waals surface area contributed by atoms with Crippen molar-refractivity contribution in [1.82, 2.24) is 34.6 Å². The molecule has 0 radical (unpaired) electrons. The summed E-state index contributed by atoms with van der Waals surface area (Å²) in [5.41, 5.74) is -0.749. The van der Waals surface area contributed by atoms with Crippen LogP contribution in [0.4, 0.5) is 32.3 Å². The molecular weight excluding hydrogens is 510 g/mol. The first kappa shape index (κ1) is 26.2. The van der Waals surface area contributed by atoms with Crippen molar-refractivity contribution in [1.29, 1.82) is 0 Å². The van der Waals surface area contributed by atoms with Crippen molar-refractivity contribution < 1.29 is 35.9 Å². The maximum absolute atomic E-state index is 14.4. The average molecular weight is 530 g/mol. The van der Waals surface area contributed by atoms with Crippen LogP contribution in [0.2, 0.25) is 0 Å². The number of hydrogen-bond acceptors (Lipinski definition) is 8. The fourth-order valence-corrected chi connectivity index (χ4v) is 3.82. The van der Waals surface area contributed by atoms with Crippen LogP contribution in [0.3, 0.4) is 0 Å². The highest BCUT2D eigenvalue weighted by Gasteiger charge is 2.48. The number of rotatable bonds is 5. The molecule has 0 aliphatic carbocycles. The van der Waals surface area contributed by atoms with Gasteiger partial charge in [0, 0.05) is 31.7 Å². The zero-order chi connectivity index (χ0) is 27.1. The fourth-order valence-electron chi connectivity index (χ4n) is 3.82. The van der Waals surface area contributed by atoms with Crippen molar-refractivity contribution in [2.75, 3.05) is 18.4 Å². The molecule has 1 amide bonds. The van der Waals surface area contributed by atoms with Gasteiger partial charge >= 0.3 is 12.3 Å². The molecular formula is C21H20F6N8O2. The van der Waals surface area contributed by atoms with Crippen LogP contribution in [-0.2, 0) is 18.0 Å². The second-order valence-corrected chi connectivity index (χ2v) is 8.29. The molecule has 4 heterocycles. The Kier molecular flexibility index (Phi) is 6.79. The number of nitrogens with zero attached hydrogens (tertiary/aromatic N) is 7. The lowest BCUT2D eigenvalue weighted by Crippen LogP contribution is -2.61. The Labute approximate surface area is 205 Å². The number of amides is 1. The lowest BCUT2D eigenvalue weighted by molar-refractivity contribution is -0.298. The van der Waals surface area contributed by atoms with Crippen LogP contribution < -0.4 is 5.32 Å². The van der Waals surface area contributed by atoms with Gasteiger partial charge in [-0.25, -0.2) is 24.3 Å². The molecule has 4 rings (SSSR count). The lowest BCUT2D eigenvalue weighted by atomic mass is 10.1. The third-order valence-electron chi connectivity index (χ3n) is 5.74. The molecule has 37 heavy (non-hydrogen) atoms. The van der Waals surface area contributed by atoms with E-state index in [1.165, 1.54) is 18.7 Å². The normalized spacial score (nSPS) is 19.6. The Hall–Kier alpha value is -3.82. The molecule has 0 aromatic carbocycles. The van der Waals surface area contributed by atoms with E-state index in [0.29, 0.717) is 18.1 Å². The molecule has 1 aliphatic heterocycles. The Morgan fingerprint density at radius 2 is 1.78 bits per heavy atom. The van der Waals surface area contributed by atoms with E-state index < -0.39 is 48.3 Å². The number of carbonyl (C=O) groups excluding carboxylic acids is 1. The predicted molar refractivity (Wildman–Crippen MR) is 115 cm³/mol. The van der Waals surface area contributed by atoms with E-state index in [2.05, 4.69) is 30.4 Å². The zero-order valence-corrected chi connectivity index (χ0v) is 19.6. The van der Waals surface area contributed by atoms with E-state index >= 15 is 0 Å². The first-order valence-corrected chi connectivity index (χ1v) is 10.8. The number of anilines is 1. The maximum atomic E-state index is 14.4. The Morgan fingerprint density at radius 3 is 2.38 bits per heavy atom. The molecule has 0 spiro atoms. The van der Waals surface area contributed by atoms with Gasteiger partial charge in [-0.2, -0.15) is 27.1 Å². The van der Waals surface area contributed by atoms with Gasteiger partial charge < -0.3 is 15.0 Å². The minimum atomic E-state index is -4.63. The van der Waals surface area contributed by atoms with Crippen molar-refractivity contribution in [2.45, 2.75) is 38.3 Å². The van der Waals surface area contributed by atoms with Gasteiger partial charge in [0.2, 0.25) is 5.95 Å². The summed E-state index contributed by atoms with van der Waals surface area (Å²) in [5, 5.41) is 6.81. The summed E-state index contributed by atoms with van der Waals surface area (Å²) in [5.74, 6) is -1.85. The number of hydrogen-bond donors (Lipinski definition) is 1. The van der Waals surface area contributed by atoms with E-state index in [1.54, 1.807) is 6.92 Å². The minimum absolute atomic E-state index is 0.0313. The Balaban J connectivity index is 1.64. The summed E-state index contributed by atoms with van der Waals surface area (Å²) in [6.07, 6.45) is -6.60. The van der Waals surface area contributed by atoms with Crippen molar-refractivity contribution in [3.05, 3.63) is 47.6 Å². The zero-order valence-electron chi connectivity index (χ0n) is 19.6. The quantitative estimate of drug-likeness (QED) is 0.502. The molecule has 2 atom stereocenters. The topological polar surface area (TPSA) is 111 Å². The summed E-state index contributed by atoms with van der Waals surface area (Å²) in [6.45, 7) is 1.56. The monoisotopic (exact) mass is 530 g/mol. The highest BCUT2D eigenvalue weighted by molar-refractivity contribution is 5.99. The third kappa shape index (κ3) is 5.47. The van der Waals surface area contributed by atoms with Gasteiger partial charge in [0.05, 0.1) is 35.7 Å². The molecule has 1 N–H and O–H groups in total. The average Bonchev–Trinajstić information content (AvgIpc) is 3.11. The van der Waals surface area contributed by atoms with E-state index in [1.807, 2.05) is 0 Å². The van der Waals surface area contributed by atoms with Crippen LogP contribution in [0.1, 0.15) is 28.7 Å². The lowest BCUT2D eigenvalue weighted by Gasteiger charge is -2.42. The smallest absolute Gasteiger partial charge is 0.352 e. The van der Waals surface area contributed by atoms with Gasteiger partial charge in [-0.1, -0.05) is 0 Å².